The van der Waals surface area contributed by atoms with Crippen LogP contribution in [0, 0.1) is 17.7 Å². The van der Waals surface area contributed by atoms with Gasteiger partial charge in [-0.3, -0.25) is 14.5 Å². The van der Waals surface area contributed by atoms with Gasteiger partial charge in [0.05, 0.1) is 13.0 Å². The van der Waals surface area contributed by atoms with Gasteiger partial charge in [0.2, 0.25) is 5.67 Å². The Hall–Kier alpha value is -3.20. The average molecular weight is 610 g/mol. The summed E-state index contributed by atoms with van der Waals surface area (Å²) in [5, 5.41) is 9.42. The number of nitrogens with zero attached hydrogens (tertiary/aromatic N) is 3. The van der Waals surface area contributed by atoms with E-state index in [0.29, 0.717) is 63.7 Å². The molecule has 2 aromatic carbocycles. The summed E-state index contributed by atoms with van der Waals surface area (Å²) in [7, 11) is 1.60. The molecule has 6 rings (SSSR count). The molecule has 1 aliphatic carbocycles. The van der Waals surface area contributed by atoms with E-state index in [0.717, 1.165) is 42.5 Å². The van der Waals surface area contributed by atoms with Crippen LogP contribution < -0.4 is 9.64 Å². The first kappa shape index (κ1) is 30.8. The van der Waals surface area contributed by atoms with Crippen LogP contribution in [0.2, 0.25) is 0 Å². The number of likely N-dealkylation sites (tertiary alicyclic amines) is 2. The summed E-state index contributed by atoms with van der Waals surface area (Å²) in [6.07, 6.45) is 6.01. The Bertz CT molecular complexity index is 1340. The maximum atomic E-state index is 17.5. The fraction of sp³-hybridized carbons (Fsp3) is 0.600. The zero-order valence-corrected chi connectivity index (χ0v) is 25.9. The number of methoxy groups -OCH3 is 1. The van der Waals surface area contributed by atoms with Crippen molar-refractivity contribution >= 4 is 17.6 Å². The Morgan fingerprint density at radius 3 is 2.30 bits per heavy atom. The SMILES string of the molecule is COc1ccc([C@@H]2CN(C3CCC(C)CC3)C[C@@]2(F)C(=O)N2CC[C@@H](c3ccc(F)cc3N3CCC(C(=O)O)CC3)C2)cc1. The molecule has 4 aliphatic rings. The van der Waals surface area contributed by atoms with Gasteiger partial charge in [0.1, 0.15) is 11.6 Å². The molecule has 4 fully saturated rings. The number of rotatable bonds is 7. The molecule has 1 saturated carbocycles. The summed E-state index contributed by atoms with van der Waals surface area (Å²) in [6.45, 7) is 4.79. The molecule has 0 radical (unpaired) electrons. The Labute approximate surface area is 259 Å². The van der Waals surface area contributed by atoms with Crippen LogP contribution in [-0.4, -0.2) is 84.9 Å². The number of carbonyl (C=O) groups excluding carboxylic acids is 1. The number of alkyl halides is 1. The highest BCUT2D eigenvalue weighted by molar-refractivity contribution is 5.88. The number of amides is 1. The molecular weight excluding hydrogens is 564 g/mol. The second kappa shape index (κ2) is 12.7. The molecule has 7 nitrogen and oxygen atoms in total. The number of piperidine rings is 1. The summed E-state index contributed by atoms with van der Waals surface area (Å²) in [5.41, 5.74) is 0.476. The lowest BCUT2D eigenvalue weighted by atomic mass is 9.85. The zero-order chi connectivity index (χ0) is 31.0. The van der Waals surface area contributed by atoms with Crippen molar-refractivity contribution < 1.29 is 28.2 Å². The van der Waals surface area contributed by atoms with Crippen LogP contribution in [-0.2, 0) is 9.59 Å². The zero-order valence-electron chi connectivity index (χ0n) is 25.9. The Balaban J connectivity index is 1.22. The van der Waals surface area contributed by atoms with E-state index in [2.05, 4.69) is 16.7 Å². The van der Waals surface area contributed by atoms with Gasteiger partial charge in [0.15, 0.2) is 0 Å². The minimum absolute atomic E-state index is 0.0490. The van der Waals surface area contributed by atoms with Crippen molar-refractivity contribution in [2.75, 3.05) is 51.3 Å². The number of carboxylic acids is 1. The average Bonchev–Trinajstić information content (AvgIpc) is 3.67. The van der Waals surface area contributed by atoms with Crippen molar-refractivity contribution in [2.24, 2.45) is 11.8 Å². The summed E-state index contributed by atoms with van der Waals surface area (Å²) in [4.78, 5) is 31.7. The van der Waals surface area contributed by atoms with Crippen LogP contribution >= 0.6 is 0 Å². The van der Waals surface area contributed by atoms with Crippen molar-refractivity contribution in [1.29, 1.82) is 0 Å². The van der Waals surface area contributed by atoms with E-state index < -0.39 is 23.5 Å². The molecule has 0 bridgehead atoms. The van der Waals surface area contributed by atoms with E-state index in [4.69, 9.17) is 4.74 Å². The van der Waals surface area contributed by atoms with E-state index in [9.17, 15) is 19.1 Å². The number of carbonyl (C=O) groups is 2. The molecule has 9 heteroatoms. The summed E-state index contributed by atoms with van der Waals surface area (Å²) in [6, 6.07) is 12.5. The minimum atomic E-state index is -2.04. The van der Waals surface area contributed by atoms with Gasteiger partial charge in [-0.1, -0.05) is 25.1 Å². The highest BCUT2D eigenvalue weighted by Crippen LogP contribution is 2.45. The largest absolute Gasteiger partial charge is 0.497 e. The van der Waals surface area contributed by atoms with Gasteiger partial charge in [0, 0.05) is 62.8 Å². The first-order chi connectivity index (χ1) is 21.2. The number of aliphatic carboxylic acids is 1. The normalized spacial score (nSPS) is 30.1. The molecule has 0 aromatic heterocycles. The lowest BCUT2D eigenvalue weighted by Gasteiger charge is -2.35. The van der Waals surface area contributed by atoms with E-state index in [1.165, 1.54) is 12.1 Å². The van der Waals surface area contributed by atoms with Crippen LogP contribution in [0.25, 0.3) is 0 Å². The number of hydrogen-bond acceptors (Lipinski definition) is 5. The second-order valence-electron chi connectivity index (χ2n) is 13.6. The van der Waals surface area contributed by atoms with Gasteiger partial charge in [-0.25, -0.2) is 8.78 Å². The van der Waals surface area contributed by atoms with Crippen LogP contribution in [0.4, 0.5) is 14.5 Å². The van der Waals surface area contributed by atoms with Crippen molar-refractivity contribution in [3.8, 4) is 5.75 Å². The van der Waals surface area contributed by atoms with E-state index in [1.54, 1.807) is 18.1 Å². The summed E-state index contributed by atoms with van der Waals surface area (Å²) in [5.74, 6) is -1.20. The van der Waals surface area contributed by atoms with Gasteiger partial charge in [-0.05, 0) is 86.3 Å². The lowest BCUT2D eigenvalue weighted by molar-refractivity contribution is -0.143. The van der Waals surface area contributed by atoms with Crippen LogP contribution in [0.1, 0.15) is 74.8 Å². The molecule has 0 spiro atoms. The lowest BCUT2D eigenvalue weighted by Crippen LogP contribution is -2.50. The standard InChI is InChI=1S/C35H45F2N3O4/c1-23-3-8-28(9-4-23)40-21-31(24-5-10-29(44-2)11-6-24)35(37,22-40)34(43)39-18-15-26(20-39)30-12-7-27(36)19-32(30)38-16-13-25(14-17-38)33(41)42/h5-7,10-12,19,23,25-26,28,31H,3-4,8-9,13-18,20-22H2,1-2H3,(H,41,42)/t23?,26-,28?,31+,35+/m1/s1. The van der Waals surface area contributed by atoms with Gasteiger partial charge in [-0.15, -0.1) is 0 Å². The molecular formula is C35H45F2N3O4. The van der Waals surface area contributed by atoms with Gasteiger partial charge >= 0.3 is 5.97 Å². The highest BCUT2D eigenvalue weighted by atomic mass is 19.1. The highest BCUT2D eigenvalue weighted by Gasteiger charge is 2.57. The monoisotopic (exact) mass is 609 g/mol. The Morgan fingerprint density at radius 2 is 1.64 bits per heavy atom. The van der Waals surface area contributed by atoms with Crippen molar-refractivity contribution in [3.05, 3.63) is 59.4 Å². The smallest absolute Gasteiger partial charge is 0.306 e. The predicted molar refractivity (Wildman–Crippen MR) is 165 cm³/mol. The maximum Gasteiger partial charge on any atom is 0.306 e. The first-order valence-corrected chi connectivity index (χ1v) is 16.3. The molecule has 0 unspecified atom stereocenters. The van der Waals surface area contributed by atoms with Crippen molar-refractivity contribution in [3.63, 3.8) is 0 Å². The fourth-order valence-corrected chi connectivity index (χ4v) is 8.12. The minimum Gasteiger partial charge on any atom is -0.497 e. The van der Waals surface area contributed by atoms with E-state index in [-0.39, 0.29) is 30.2 Å². The third-order valence-electron chi connectivity index (χ3n) is 10.9. The third-order valence-corrected chi connectivity index (χ3v) is 10.9. The fourth-order valence-electron chi connectivity index (χ4n) is 8.12. The number of hydrogen-bond donors (Lipinski definition) is 1. The Kier molecular flexibility index (Phi) is 8.86. The van der Waals surface area contributed by atoms with E-state index >= 15 is 4.39 Å². The number of halogens is 2. The second-order valence-corrected chi connectivity index (χ2v) is 13.6. The van der Waals surface area contributed by atoms with Crippen molar-refractivity contribution in [1.82, 2.24) is 9.80 Å². The molecule has 1 N–H and O–H groups in total. The topological polar surface area (TPSA) is 73.3 Å². The molecule has 3 heterocycles. The molecule has 44 heavy (non-hydrogen) atoms. The van der Waals surface area contributed by atoms with Gasteiger partial charge in [-0.2, -0.15) is 0 Å². The Morgan fingerprint density at radius 1 is 0.932 bits per heavy atom. The molecule has 3 atom stereocenters. The summed E-state index contributed by atoms with van der Waals surface area (Å²) < 4.78 is 37.3. The summed E-state index contributed by atoms with van der Waals surface area (Å²) >= 11 is 0. The van der Waals surface area contributed by atoms with Gasteiger partial charge in [0.25, 0.3) is 5.91 Å². The van der Waals surface area contributed by atoms with Crippen LogP contribution in [0.3, 0.4) is 0 Å². The molecule has 2 aromatic rings. The number of carboxylic acid groups (broad SMARTS) is 1. The van der Waals surface area contributed by atoms with Crippen LogP contribution in [0.15, 0.2) is 42.5 Å². The molecule has 3 saturated heterocycles. The van der Waals surface area contributed by atoms with Crippen LogP contribution in [0.5, 0.6) is 5.75 Å². The van der Waals surface area contributed by atoms with Gasteiger partial charge < -0.3 is 19.6 Å². The van der Waals surface area contributed by atoms with E-state index in [1.807, 2.05) is 24.3 Å². The third kappa shape index (κ3) is 6.04. The number of benzene rings is 2. The molecule has 3 aliphatic heterocycles. The maximum absolute atomic E-state index is 17.5. The number of ether oxygens (including phenoxy) is 1. The molecule has 238 valence electrons. The molecule has 1 amide bonds. The quantitative estimate of drug-likeness (QED) is 0.426. The van der Waals surface area contributed by atoms with Crippen molar-refractivity contribution in [2.45, 2.75) is 75.4 Å². The number of anilines is 1. The first-order valence-electron chi connectivity index (χ1n) is 16.3. The predicted octanol–water partition coefficient (Wildman–Crippen LogP) is 5.84.